The minimum atomic E-state index is -2.82. The number of likely N-dealkylation sites (N-methyl/N-ethyl adjacent to an activating group) is 1. The molecule has 0 aromatic rings. The van der Waals surface area contributed by atoms with E-state index in [9.17, 15) is 25.0 Å². The van der Waals surface area contributed by atoms with E-state index >= 15 is 0 Å². The molecule has 1 aliphatic rings. The van der Waals surface area contributed by atoms with E-state index in [-0.39, 0.29) is 0 Å². The van der Waals surface area contributed by atoms with Crippen molar-refractivity contribution in [2.24, 2.45) is 5.29 Å². The minimum Gasteiger partial charge on any atom is -0.394 e. The average Bonchev–Trinajstić information content (AvgIpc) is 2.41. The van der Waals surface area contributed by atoms with Gasteiger partial charge < -0.3 is 30.5 Å². The van der Waals surface area contributed by atoms with Crippen LogP contribution in [0.25, 0.3) is 0 Å². The molecule has 0 bridgehead atoms. The van der Waals surface area contributed by atoms with Crippen LogP contribution >= 0.6 is 0 Å². The molecule has 1 saturated heterocycles. The largest absolute Gasteiger partial charge is 0.394 e. The van der Waals surface area contributed by atoms with Crippen LogP contribution in [0.4, 0.5) is 0 Å². The number of carbonyl (C=O) groups excluding carboxylic acids is 1. The third-order valence-electron chi connectivity index (χ3n) is 2.75. The Balaban J connectivity index is 3.13. The minimum absolute atomic E-state index is 0.455. The number of hydrogen-bond donors (Lipinski definition) is 6. The molecule has 1 heterocycles. The van der Waals surface area contributed by atoms with E-state index in [2.05, 4.69) is 5.32 Å². The molecule has 0 spiro atoms. The summed E-state index contributed by atoms with van der Waals surface area (Å²) < 4.78 is 11.7. The van der Waals surface area contributed by atoms with Crippen LogP contribution in [0.2, 0.25) is 1.41 Å². The third kappa shape index (κ3) is 2.34. The number of amides is 1. The van der Waals surface area contributed by atoms with Gasteiger partial charge in [0.2, 0.25) is 0 Å². The summed E-state index contributed by atoms with van der Waals surface area (Å²) in [4.78, 5) is 21.8. The van der Waals surface area contributed by atoms with E-state index in [0.717, 1.165) is 0 Å². The smallest absolute Gasteiger partial charge is 0.304 e. The van der Waals surface area contributed by atoms with Crippen molar-refractivity contribution in [3.8, 4) is 0 Å². The Kier molecular flexibility index (Phi) is 4.16. The summed E-state index contributed by atoms with van der Waals surface area (Å²) in [7, 11) is 1.25. The van der Waals surface area contributed by atoms with Crippen LogP contribution in [-0.2, 0) is 9.53 Å². The Labute approximate surface area is 103 Å². The van der Waals surface area contributed by atoms with Crippen LogP contribution in [0.3, 0.4) is 0 Å². The summed E-state index contributed by atoms with van der Waals surface area (Å²) in [5.74, 6) is -4.39. The summed E-state index contributed by atoms with van der Waals surface area (Å²) >= 11 is 0. The predicted molar refractivity (Wildman–Crippen MR) is 55.7 cm³/mol. The van der Waals surface area contributed by atoms with Gasteiger partial charge in [-0.05, 0) is 7.05 Å². The molecule has 1 unspecified atom stereocenters. The molecule has 6 N–H and O–H groups in total. The monoisotopic (exact) mass is 266 g/mol. The van der Waals surface area contributed by atoms with Gasteiger partial charge in [0.25, 0.3) is 5.79 Å². The Hall–Kier alpha value is -1.17. The van der Waals surface area contributed by atoms with Crippen LogP contribution in [0, 0.1) is 4.91 Å². The quantitative estimate of drug-likeness (QED) is 0.223. The summed E-state index contributed by atoms with van der Waals surface area (Å²) in [6.07, 6.45) is -4.71. The van der Waals surface area contributed by atoms with Gasteiger partial charge in [0.05, 0.1) is 17.9 Å². The molecule has 1 amide bonds. The first kappa shape index (κ1) is 13.3. The molecule has 10 heteroatoms. The van der Waals surface area contributed by atoms with Crippen LogP contribution < -0.4 is 10.7 Å². The Morgan fingerprint density at radius 1 is 1.56 bits per heavy atom. The van der Waals surface area contributed by atoms with Crippen molar-refractivity contribution in [2.75, 3.05) is 13.7 Å². The number of hydrogen-bond acceptors (Lipinski definition) is 9. The third-order valence-corrected chi connectivity index (χ3v) is 2.75. The zero-order chi connectivity index (χ0) is 14.8. The van der Waals surface area contributed by atoms with Gasteiger partial charge in [0.1, 0.15) is 18.3 Å². The van der Waals surface area contributed by atoms with Gasteiger partial charge in [0, 0.05) is 0 Å². The topological polar surface area (TPSA) is 161 Å². The number of rotatable bonds is 4. The number of carbonyl (C=O) groups is 1. The van der Waals surface area contributed by atoms with Gasteiger partial charge in [-0.2, -0.15) is 0 Å². The second kappa shape index (κ2) is 5.65. The lowest BCUT2D eigenvalue weighted by Crippen LogP contribution is -2.73. The lowest BCUT2D eigenvalue weighted by atomic mass is 9.90. The highest BCUT2D eigenvalue weighted by Crippen LogP contribution is 2.28. The first-order valence-electron chi connectivity index (χ1n) is 5.49. The van der Waals surface area contributed by atoms with E-state index in [4.69, 9.17) is 11.3 Å². The number of ether oxygens (including phenoxy) is 1. The van der Waals surface area contributed by atoms with E-state index in [1.165, 1.54) is 7.05 Å². The molecule has 0 aromatic carbocycles. The Morgan fingerprint density at radius 3 is 2.61 bits per heavy atom. The molecular formula is C8H15N3O7. The second-order valence-corrected chi connectivity index (χ2v) is 3.77. The van der Waals surface area contributed by atoms with Crippen molar-refractivity contribution >= 4 is 5.91 Å². The summed E-state index contributed by atoms with van der Waals surface area (Å²) in [6, 6.07) is -1.52. The van der Waals surface area contributed by atoms with Crippen molar-refractivity contribution in [1.29, 1.82) is 0 Å². The summed E-state index contributed by atoms with van der Waals surface area (Å²) in [5, 5.41) is 42.8. The van der Waals surface area contributed by atoms with Crippen LogP contribution in [0.1, 0.15) is 0 Å². The van der Waals surface area contributed by atoms with Gasteiger partial charge in [0.15, 0.2) is 1.41 Å². The Bertz CT molecular complexity index is 359. The molecule has 104 valence electrons. The molecule has 1 rings (SSSR count). The van der Waals surface area contributed by atoms with Crippen molar-refractivity contribution in [1.82, 2.24) is 10.7 Å². The van der Waals surface area contributed by atoms with E-state index in [1.54, 1.807) is 0 Å². The first-order valence-corrected chi connectivity index (χ1v) is 5.04. The number of nitrogens with zero attached hydrogens (tertiary/aromatic N) is 1. The first-order chi connectivity index (χ1) is 8.83. The molecule has 1 fully saturated rings. The SMILES string of the molecule is [2H]N(N=O)C(=O)C1(O)O[C@H](CO)[C@@H](O)[C@H](O)[C@H]1NC. The van der Waals surface area contributed by atoms with Gasteiger partial charge in [-0.1, -0.05) is 0 Å². The maximum absolute atomic E-state index is 11.7. The number of nitroso groups, excluding NO2 is 1. The zero-order valence-corrected chi connectivity index (χ0v) is 9.42. The van der Waals surface area contributed by atoms with Gasteiger partial charge in [-0.3, -0.25) is 4.79 Å². The van der Waals surface area contributed by atoms with Crippen LogP contribution in [0.5, 0.6) is 0 Å². The van der Waals surface area contributed by atoms with Crippen molar-refractivity contribution < 1.29 is 31.4 Å². The Morgan fingerprint density at radius 2 is 2.17 bits per heavy atom. The van der Waals surface area contributed by atoms with Crippen LogP contribution in [0.15, 0.2) is 5.29 Å². The summed E-state index contributed by atoms with van der Waals surface area (Å²) in [6.45, 7) is -0.795. The van der Waals surface area contributed by atoms with Gasteiger partial charge in [-0.15, -0.1) is 4.91 Å². The highest BCUT2D eigenvalue weighted by atomic mass is 16.7. The fourth-order valence-electron chi connectivity index (χ4n) is 1.83. The van der Waals surface area contributed by atoms with Gasteiger partial charge >= 0.3 is 5.91 Å². The standard InChI is InChI=1S/C8H15N3O7/c1-9-6-5(14)4(13)3(2-12)18-8(6,16)7(15)10-11-17/h3-6,9,12-14,16H,2H2,1H3,(H,10,15,17)/t3-,4-,5+,6-,8?/m1/s1/i/hD. The number of aliphatic hydroxyl groups excluding tert-OH is 3. The van der Waals surface area contributed by atoms with Gasteiger partial charge in [-0.25, -0.2) is 5.42 Å². The van der Waals surface area contributed by atoms with Crippen molar-refractivity contribution in [3.05, 3.63) is 4.91 Å². The maximum Gasteiger partial charge on any atom is 0.304 e. The van der Waals surface area contributed by atoms with Crippen molar-refractivity contribution in [2.45, 2.75) is 30.1 Å². The van der Waals surface area contributed by atoms with Crippen LogP contribution in [-0.4, -0.2) is 70.1 Å². The number of aliphatic hydroxyl groups is 4. The predicted octanol–water partition coefficient (Wildman–Crippen LogP) is -3.83. The fourth-order valence-corrected chi connectivity index (χ4v) is 1.83. The molecule has 0 radical (unpaired) electrons. The number of nitrogens with one attached hydrogen (secondary N) is 2. The highest BCUT2D eigenvalue weighted by Gasteiger charge is 2.57. The second-order valence-electron chi connectivity index (χ2n) is 3.77. The lowest BCUT2D eigenvalue weighted by Gasteiger charge is -2.45. The average molecular weight is 266 g/mol. The van der Waals surface area contributed by atoms with Crippen molar-refractivity contribution in [3.63, 3.8) is 0 Å². The molecular weight excluding hydrogens is 250 g/mol. The highest BCUT2D eigenvalue weighted by molar-refractivity contribution is 5.84. The molecule has 1 aliphatic heterocycles. The van der Waals surface area contributed by atoms with E-state index in [0.29, 0.717) is 0 Å². The molecule has 10 nitrogen and oxygen atoms in total. The zero-order valence-electron chi connectivity index (χ0n) is 10.4. The normalized spacial score (nSPS) is 41.1. The summed E-state index contributed by atoms with van der Waals surface area (Å²) in [5.41, 5.74) is -0.455. The molecule has 18 heavy (non-hydrogen) atoms. The lowest BCUT2D eigenvalue weighted by molar-refractivity contribution is -0.302. The molecule has 5 atom stereocenters. The van der Waals surface area contributed by atoms with E-state index < -0.39 is 48.1 Å². The fraction of sp³-hybridized carbons (Fsp3) is 0.875. The molecule has 0 aliphatic carbocycles. The van der Waals surface area contributed by atoms with E-state index in [1.807, 2.05) is 5.29 Å². The maximum atomic E-state index is 11.7. The molecule has 0 saturated carbocycles. The molecule has 0 aromatic heterocycles.